The Morgan fingerprint density at radius 2 is 2.10 bits per heavy atom. The molecule has 0 saturated heterocycles. The van der Waals surface area contributed by atoms with E-state index in [1.165, 1.54) is 0 Å². The highest BCUT2D eigenvalue weighted by Crippen LogP contribution is 2.29. The molecule has 0 fully saturated rings. The molecule has 0 bridgehead atoms. The van der Waals surface area contributed by atoms with Crippen molar-refractivity contribution in [2.75, 3.05) is 11.1 Å². The molecule has 0 amide bonds. The molecule has 20 heavy (non-hydrogen) atoms. The van der Waals surface area contributed by atoms with Gasteiger partial charge < -0.3 is 11.1 Å². The number of hydrogen-bond acceptors (Lipinski definition) is 4. The first-order chi connectivity index (χ1) is 9.69. The molecule has 5 heteroatoms. The number of nitrogens with zero attached hydrogens (tertiary/aromatic N) is 3. The first kappa shape index (κ1) is 12.5. The van der Waals surface area contributed by atoms with Crippen LogP contribution in [0.3, 0.4) is 0 Å². The van der Waals surface area contributed by atoms with E-state index in [2.05, 4.69) is 22.3 Å². The van der Waals surface area contributed by atoms with Crippen molar-refractivity contribution in [1.29, 1.82) is 0 Å². The molecule has 3 rings (SSSR count). The van der Waals surface area contributed by atoms with E-state index in [4.69, 9.17) is 5.73 Å². The highest BCUT2D eigenvalue weighted by molar-refractivity contribution is 5.99. The topological polar surface area (TPSA) is 68.8 Å². The first-order valence-electron chi connectivity index (χ1n) is 6.61. The summed E-state index contributed by atoms with van der Waals surface area (Å²) in [7, 11) is 1.92. The van der Waals surface area contributed by atoms with Crippen molar-refractivity contribution in [2.45, 2.75) is 13.3 Å². The van der Waals surface area contributed by atoms with Crippen molar-refractivity contribution >= 4 is 28.0 Å². The number of aromatic nitrogens is 3. The highest BCUT2D eigenvalue weighted by atomic mass is 15.3. The van der Waals surface area contributed by atoms with Crippen LogP contribution in [0.2, 0.25) is 0 Å². The summed E-state index contributed by atoms with van der Waals surface area (Å²) in [5.74, 6) is 0. The number of nitrogens with two attached hydrogens (primary N) is 1. The van der Waals surface area contributed by atoms with Gasteiger partial charge in [0.25, 0.3) is 0 Å². The zero-order chi connectivity index (χ0) is 14.1. The molecular weight excluding hydrogens is 250 g/mol. The van der Waals surface area contributed by atoms with Crippen LogP contribution in [-0.4, -0.2) is 14.8 Å². The van der Waals surface area contributed by atoms with Gasteiger partial charge in [-0.1, -0.05) is 6.92 Å². The zero-order valence-corrected chi connectivity index (χ0v) is 11.6. The van der Waals surface area contributed by atoms with Gasteiger partial charge in [0.15, 0.2) is 0 Å². The largest absolute Gasteiger partial charge is 0.398 e. The smallest absolute Gasteiger partial charge is 0.0957 e. The Balaban J connectivity index is 2.09. The number of nitrogens with one attached hydrogen (secondary N) is 1. The number of hydrogen-bond donors (Lipinski definition) is 2. The van der Waals surface area contributed by atoms with Crippen molar-refractivity contribution in [3.05, 3.63) is 42.4 Å². The van der Waals surface area contributed by atoms with Gasteiger partial charge >= 0.3 is 0 Å². The number of fused-ring (bicyclic) bond motifs is 1. The molecule has 3 N–H and O–H groups in total. The zero-order valence-electron chi connectivity index (χ0n) is 11.6. The summed E-state index contributed by atoms with van der Waals surface area (Å²) in [5.41, 5.74) is 10.6. The Kier molecular flexibility index (Phi) is 3.02. The quantitative estimate of drug-likeness (QED) is 0.716. The van der Waals surface area contributed by atoms with Crippen LogP contribution >= 0.6 is 0 Å². The summed E-state index contributed by atoms with van der Waals surface area (Å²) in [6.07, 6.45) is 4.63. The molecule has 102 valence electrons. The van der Waals surface area contributed by atoms with E-state index in [9.17, 15) is 0 Å². The summed E-state index contributed by atoms with van der Waals surface area (Å²) in [4.78, 5) is 4.43. The molecule has 0 aliphatic heterocycles. The predicted molar refractivity (Wildman–Crippen MR) is 82.0 cm³/mol. The molecule has 0 saturated carbocycles. The molecule has 1 aromatic carbocycles. The molecule has 0 atom stereocenters. The van der Waals surface area contributed by atoms with Crippen molar-refractivity contribution in [1.82, 2.24) is 14.8 Å². The fraction of sp³-hybridized carbons (Fsp3) is 0.200. The molecule has 0 unspecified atom stereocenters. The van der Waals surface area contributed by atoms with Gasteiger partial charge in [-0.15, -0.1) is 0 Å². The van der Waals surface area contributed by atoms with Crippen molar-refractivity contribution < 1.29 is 0 Å². The number of pyridine rings is 1. The molecule has 0 aliphatic rings. The molecule has 0 radical (unpaired) electrons. The highest BCUT2D eigenvalue weighted by Gasteiger charge is 2.09. The monoisotopic (exact) mass is 267 g/mol. The Hall–Kier alpha value is -2.56. The summed E-state index contributed by atoms with van der Waals surface area (Å²) in [5, 5.41) is 8.80. The van der Waals surface area contributed by atoms with Gasteiger partial charge in [0.05, 0.1) is 22.6 Å². The lowest BCUT2D eigenvalue weighted by molar-refractivity contribution is 0.746. The minimum Gasteiger partial charge on any atom is -0.398 e. The lowest BCUT2D eigenvalue weighted by Crippen LogP contribution is -1.97. The third-order valence-electron chi connectivity index (χ3n) is 3.31. The second-order valence-electron chi connectivity index (χ2n) is 4.74. The lowest BCUT2D eigenvalue weighted by atomic mass is 10.1. The number of nitrogen functional groups attached to an aromatic ring is 1. The Labute approximate surface area is 117 Å². The van der Waals surface area contributed by atoms with E-state index in [-0.39, 0.29) is 0 Å². The minimum absolute atomic E-state index is 0.737. The van der Waals surface area contributed by atoms with Gasteiger partial charge in [-0.05, 0) is 30.7 Å². The third kappa shape index (κ3) is 2.07. The fourth-order valence-electron chi connectivity index (χ4n) is 2.34. The van der Waals surface area contributed by atoms with E-state index in [1.54, 1.807) is 6.20 Å². The number of anilines is 3. The van der Waals surface area contributed by atoms with Crippen molar-refractivity contribution in [3.63, 3.8) is 0 Å². The summed E-state index contributed by atoms with van der Waals surface area (Å²) < 4.78 is 1.81. The summed E-state index contributed by atoms with van der Waals surface area (Å²) in [6.45, 7) is 2.09. The van der Waals surface area contributed by atoms with E-state index < -0.39 is 0 Å². The maximum absolute atomic E-state index is 5.99. The lowest BCUT2D eigenvalue weighted by Gasteiger charge is -2.10. The fourth-order valence-corrected chi connectivity index (χ4v) is 2.34. The Bertz CT molecular complexity index is 760. The molecule has 3 aromatic rings. The Morgan fingerprint density at radius 1 is 1.25 bits per heavy atom. The molecule has 2 aromatic heterocycles. The van der Waals surface area contributed by atoms with Crippen LogP contribution in [0.5, 0.6) is 0 Å². The standard InChI is InChI=1S/C15H17N5/c1-3-12-14(9-20(2)19-12)18-13-7-6-11(16)10-5-4-8-17-15(10)13/h4-9,18H,3,16H2,1-2H3. The number of aryl methyl sites for hydroxylation is 2. The van der Waals surface area contributed by atoms with E-state index >= 15 is 0 Å². The molecular formula is C15H17N5. The maximum Gasteiger partial charge on any atom is 0.0957 e. The predicted octanol–water partition coefficient (Wildman–Crippen LogP) is 2.86. The van der Waals surface area contributed by atoms with Gasteiger partial charge in [-0.2, -0.15) is 5.10 Å². The van der Waals surface area contributed by atoms with Gasteiger partial charge in [0.2, 0.25) is 0 Å². The van der Waals surface area contributed by atoms with Gasteiger partial charge in [0.1, 0.15) is 0 Å². The average molecular weight is 267 g/mol. The van der Waals surface area contributed by atoms with Crippen molar-refractivity contribution in [2.24, 2.45) is 7.05 Å². The maximum atomic E-state index is 5.99. The van der Waals surface area contributed by atoms with Crippen LogP contribution < -0.4 is 11.1 Å². The Morgan fingerprint density at radius 3 is 2.90 bits per heavy atom. The number of benzene rings is 1. The second-order valence-corrected chi connectivity index (χ2v) is 4.74. The second kappa shape index (κ2) is 4.85. The van der Waals surface area contributed by atoms with E-state index in [0.29, 0.717) is 0 Å². The van der Waals surface area contributed by atoms with E-state index in [1.807, 2.05) is 42.2 Å². The van der Waals surface area contributed by atoms with E-state index in [0.717, 1.165) is 40.1 Å². The average Bonchev–Trinajstić information content (AvgIpc) is 2.82. The summed E-state index contributed by atoms with van der Waals surface area (Å²) >= 11 is 0. The van der Waals surface area contributed by atoms with Crippen LogP contribution in [0, 0.1) is 0 Å². The third-order valence-corrected chi connectivity index (χ3v) is 3.31. The van der Waals surface area contributed by atoms with Crippen LogP contribution in [0.25, 0.3) is 10.9 Å². The van der Waals surface area contributed by atoms with Gasteiger partial charge in [-0.25, -0.2) is 0 Å². The minimum atomic E-state index is 0.737. The normalized spacial score (nSPS) is 10.9. The molecule has 2 heterocycles. The summed E-state index contributed by atoms with van der Waals surface area (Å²) in [6, 6.07) is 7.72. The SMILES string of the molecule is CCc1nn(C)cc1Nc1ccc(N)c2cccnc12. The van der Waals surface area contributed by atoms with Gasteiger partial charge in [0, 0.05) is 30.5 Å². The van der Waals surface area contributed by atoms with Gasteiger partial charge in [-0.3, -0.25) is 9.67 Å². The van der Waals surface area contributed by atoms with Crippen LogP contribution in [0.4, 0.5) is 17.1 Å². The number of rotatable bonds is 3. The van der Waals surface area contributed by atoms with Crippen LogP contribution in [-0.2, 0) is 13.5 Å². The van der Waals surface area contributed by atoms with Crippen LogP contribution in [0.15, 0.2) is 36.7 Å². The molecule has 0 spiro atoms. The van der Waals surface area contributed by atoms with Crippen molar-refractivity contribution in [3.8, 4) is 0 Å². The molecule has 0 aliphatic carbocycles. The molecule has 5 nitrogen and oxygen atoms in total. The first-order valence-corrected chi connectivity index (χ1v) is 6.61. The van der Waals surface area contributed by atoms with Crippen LogP contribution in [0.1, 0.15) is 12.6 Å².